The molecule has 28 heavy (non-hydrogen) atoms. The molecule has 6 heteroatoms. The van der Waals surface area contributed by atoms with Gasteiger partial charge >= 0.3 is 0 Å². The number of hydrogen-bond acceptors (Lipinski definition) is 4. The molecule has 5 nitrogen and oxygen atoms in total. The Labute approximate surface area is 170 Å². The second-order valence-electron chi connectivity index (χ2n) is 6.76. The molecule has 0 aliphatic carbocycles. The minimum atomic E-state index is -0.567. The largest absolute Gasteiger partial charge is 0.491 e. The van der Waals surface area contributed by atoms with E-state index in [-0.39, 0.29) is 12.5 Å². The summed E-state index contributed by atoms with van der Waals surface area (Å²) in [5.41, 5.74) is 0.831. The summed E-state index contributed by atoms with van der Waals surface area (Å²) >= 11 is 6.11. The van der Waals surface area contributed by atoms with Crippen molar-refractivity contribution in [3.63, 3.8) is 0 Å². The highest BCUT2D eigenvalue weighted by Gasteiger charge is 2.21. The molecule has 0 radical (unpaired) electrons. The zero-order chi connectivity index (χ0) is 19.8. The first-order chi connectivity index (χ1) is 13.6. The smallest absolute Gasteiger partial charge is 0.246 e. The predicted molar refractivity (Wildman–Crippen MR) is 111 cm³/mol. The van der Waals surface area contributed by atoms with Gasteiger partial charge in [-0.3, -0.25) is 9.69 Å². The molecular weight excluding hydrogens is 376 g/mol. The van der Waals surface area contributed by atoms with E-state index in [4.69, 9.17) is 16.3 Å². The van der Waals surface area contributed by atoms with E-state index >= 15 is 0 Å². The number of ether oxygens (including phenoxy) is 1. The van der Waals surface area contributed by atoms with Crippen molar-refractivity contribution in [1.29, 1.82) is 0 Å². The molecule has 0 saturated carbocycles. The molecule has 3 rings (SSSR count). The zero-order valence-electron chi connectivity index (χ0n) is 15.7. The van der Waals surface area contributed by atoms with Crippen LogP contribution in [0.4, 0.5) is 0 Å². The van der Waals surface area contributed by atoms with Crippen LogP contribution in [0.3, 0.4) is 0 Å². The van der Waals surface area contributed by atoms with Crippen LogP contribution in [0, 0.1) is 0 Å². The van der Waals surface area contributed by atoms with Crippen LogP contribution >= 0.6 is 11.6 Å². The third kappa shape index (κ3) is 6.09. The predicted octanol–water partition coefficient (Wildman–Crippen LogP) is 2.94. The lowest BCUT2D eigenvalue weighted by molar-refractivity contribution is -0.127. The van der Waals surface area contributed by atoms with Gasteiger partial charge in [-0.05, 0) is 29.8 Å². The summed E-state index contributed by atoms with van der Waals surface area (Å²) < 4.78 is 5.59. The molecule has 1 heterocycles. The maximum atomic E-state index is 12.4. The van der Waals surface area contributed by atoms with Crippen molar-refractivity contribution < 1.29 is 14.6 Å². The third-order valence-electron chi connectivity index (χ3n) is 4.65. The third-order valence-corrected chi connectivity index (χ3v) is 4.99. The first-order valence-corrected chi connectivity index (χ1v) is 9.79. The molecule has 0 bridgehead atoms. The number of aliphatic hydroxyl groups excluding tert-OH is 1. The van der Waals surface area contributed by atoms with Crippen LogP contribution in [0.5, 0.6) is 5.75 Å². The molecule has 1 aliphatic heterocycles. The molecule has 1 atom stereocenters. The maximum absolute atomic E-state index is 12.4. The summed E-state index contributed by atoms with van der Waals surface area (Å²) in [5.74, 6) is 0.731. The molecule has 1 saturated heterocycles. The fourth-order valence-electron chi connectivity index (χ4n) is 3.09. The summed E-state index contributed by atoms with van der Waals surface area (Å²) in [7, 11) is 0. The van der Waals surface area contributed by atoms with Gasteiger partial charge in [-0.15, -0.1) is 0 Å². The molecule has 0 spiro atoms. The SMILES string of the molecule is O=C(/C=C/c1ccccc1Cl)N1CCN(C[C@@H](O)COc2ccccc2)CC1. The number of benzene rings is 2. The van der Waals surface area contributed by atoms with E-state index in [1.807, 2.05) is 53.4 Å². The second kappa shape index (κ2) is 10.3. The Kier molecular flexibility index (Phi) is 7.48. The number of carbonyl (C=O) groups excluding carboxylic acids is 1. The van der Waals surface area contributed by atoms with E-state index < -0.39 is 6.10 Å². The first-order valence-electron chi connectivity index (χ1n) is 9.41. The number of aliphatic hydroxyl groups is 1. The first kappa shape index (κ1) is 20.4. The summed E-state index contributed by atoms with van der Waals surface area (Å²) in [5, 5.41) is 10.8. The molecule has 2 aromatic rings. The molecule has 1 amide bonds. The van der Waals surface area contributed by atoms with Gasteiger partial charge < -0.3 is 14.7 Å². The maximum Gasteiger partial charge on any atom is 0.246 e. The summed E-state index contributed by atoms with van der Waals surface area (Å²) in [6.45, 7) is 3.52. The quantitative estimate of drug-likeness (QED) is 0.726. The molecule has 0 unspecified atom stereocenters. The lowest BCUT2D eigenvalue weighted by atomic mass is 10.2. The monoisotopic (exact) mass is 400 g/mol. The summed E-state index contributed by atoms with van der Waals surface area (Å²) in [6.07, 6.45) is 2.75. The van der Waals surface area contributed by atoms with Gasteiger partial charge in [0.2, 0.25) is 5.91 Å². The molecule has 1 fully saturated rings. The molecule has 0 aromatic heterocycles. The van der Waals surface area contributed by atoms with Crippen molar-refractivity contribution in [3.8, 4) is 5.75 Å². The highest BCUT2D eigenvalue weighted by molar-refractivity contribution is 6.32. The Morgan fingerprint density at radius 2 is 1.75 bits per heavy atom. The van der Waals surface area contributed by atoms with Crippen molar-refractivity contribution in [2.45, 2.75) is 6.10 Å². The molecule has 148 valence electrons. The lowest BCUT2D eigenvalue weighted by Crippen LogP contribution is -2.50. The number of carbonyl (C=O) groups is 1. The van der Waals surface area contributed by atoms with Crippen LogP contribution in [0.15, 0.2) is 60.7 Å². The van der Waals surface area contributed by atoms with Crippen LogP contribution < -0.4 is 4.74 Å². The Hall–Kier alpha value is -2.34. The molecular formula is C22H25ClN2O3. The van der Waals surface area contributed by atoms with Crippen LogP contribution in [-0.2, 0) is 4.79 Å². The highest BCUT2D eigenvalue weighted by atomic mass is 35.5. The summed E-state index contributed by atoms with van der Waals surface area (Å²) in [6, 6.07) is 16.9. The number of amides is 1. The van der Waals surface area contributed by atoms with Crippen molar-refractivity contribution in [2.24, 2.45) is 0 Å². The van der Waals surface area contributed by atoms with E-state index in [1.165, 1.54) is 0 Å². The van der Waals surface area contributed by atoms with Gasteiger partial charge in [-0.25, -0.2) is 0 Å². The number of nitrogens with zero attached hydrogens (tertiary/aromatic N) is 2. The number of piperazine rings is 1. The van der Waals surface area contributed by atoms with Crippen LogP contribution in [-0.4, -0.2) is 66.2 Å². The van der Waals surface area contributed by atoms with Gasteiger partial charge in [-0.1, -0.05) is 48.0 Å². The van der Waals surface area contributed by atoms with E-state index in [0.29, 0.717) is 24.7 Å². The Balaban J connectivity index is 1.40. The van der Waals surface area contributed by atoms with Crippen LogP contribution in [0.25, 0.3) is 6.08 Å². The zero-order valence-corrected chi connectivity index (χ0v) is 16.5. The van der Waals surface area contributed by atoms with Crippen LogP contribution in [0.2, 0.25) is 5.02 Å². The van der Waals surface area contributed by atoms with Crippen molar-refractivity contribution in [3.05, 3.63) is 71.3 Å². The van der Waals surface area contributed by atoms with Crippen molar-refractivity contribution in [2.75, 3.05) is 39.3 Å². The van der Waals surface area contributed by atoms with Gasteiger partial charge in [0.25, 0.3) is 0 Å². The Morgan fingerprint density at radius 1 is 1.07 bits per heavy atom. The van der Waals surface area contributed by atoms with Crippen LogP contribution in [0.1, 0.15) is 5.56 Å². The number of halogens is 1. The average molecular weight is 401 g/mol. The topological polar surface area (TPSA) is 53.0 Å². The molecule has 1 N–H and O–H groups in total. The lowest BCUT2D eigenvalue weighted by Gasteiger charge is -2.35. The van der Waals surface area contributed by atoms with Gasteiger partial charge in [0.15, 0.2) is 0 Å². The van der Waals surface area contributed by atoms with E-state index in [9.17, 15) is 9.90 Å². The van der Waals surface area contributed by atoms with Gasteiger partial charge in [0.05, 0.1) is 0 Å². The number of hydrogen-bond donors (Lipinski definition) is 1. The van der Waals surface area contributed by atoms with E-state index in [2.05, 4.69) is 4.90 Å². The fraction of sp³-hybridized carbons (Fsp3) is 0.318. The van der Waals surface area contributed by atoms with Crippen molar-refractivity contribution >= 4 is 23.6 Å². The number of rotatable bonds is 7. The highest BCUT2D eigenvalue weighted by Crippen LogP contribution is 2.16. The van der Waals surface area contributed by atoms with Gasteiger partial charge in [0.1, 0.15) is 18.5 Å². The van der Waals surface area contributed by atoms with Gasteiger partial charge in [0, 0.05) is 43.8 Å². The standard InChI is InChI=1S/C22H25ClN2O3/c23-21-9-5-4-6-18(21)10-11-22(27)25-14-12-24(13-15-25)16-19(26)17-28-20-7-2-1-3-8-20/h1-11,19,26H,12-17H2/b11-10+/t19-/m1/s1. The van der Waals surface area contributed by atoms with E-state index in [1.54, 1.807) is 18.2 Å². The molecule has 1 aliphatic rings. The number of para-hydroxylation sites is 1. The second-order valence-corrected chi connectivity index (χ2v) is 7.17. The van der Waals surface area contributed by atoms with E-state index in [0.717, 1.165) is 24.4 Å². The normalized spacial score (nSPS) is 16.3. The van der Waals surface area contributed by atoms with Crippen molar-refractivity contribution in [1.82, 2.24) is 9.80 Å². The summed E-state index contributed by atoms with van der Waals surface area (Å²) in [4.78, 5) is 16.3. The van der Waals surface area contributed by atoms with Gasteiger partial charge in [-0.2, -0.15) is 0 Å². The molecule has 2 aromatic carbocycles. The number of β-amino-alcohol motifs (C(OH)–C–C–N with tert-alkyl or cyclic N) is 1. The Morgan fingerprint density at radius 3 is 2.46 bits per heavy atom. The average Bonchev–Trinajstić information content (AvgIpc) is 2.73. The fourth-order valence-corrected chi connectivity index (χ4v) is 3.29. The minimum absolute atomic E-state index is 0.0208. The Bertz CT molecular complexity index is 789. The minimum Gasteiger partial charge on any atom is -0.491 e.